The Kier molecular flexibility index (Phi) is 94.7. The second-order valence-electron chi connectivity index (χ2n) is 31.1. The summed E-state index contributed by atoms with van der Waals surface area (Å²) in [6, 6.07) is 81.8. The van der Waals surface area contributed by atoms with E-state index in [2.05, 4.69) is 263 Å². The molecule has 8 aromatic rings. The lowest BCUT2D eigenvalue weighted by Crippen LogP contribution is -2.18. The van der Waals surface area contributed by atoms with Crippen LogP contribution < -0.4 is 0 Å². The molecule has 8 nitrogen and oxygen atoms in total. The molecule has 0 heterocycles. The molecule has 0 atom stereocenters. The summed E-state index contributed by atoms with van der Waals surface area (Å²) < 4.78 is 82.9. The van der Waals surface area contributed by atoms with Gasteiger partial charge < -0.3 is 37.9 Å². The molecule has 0 aliphatic carbocycles. The van der Waals surface area contributed by atoms with E-state index in [0.717, 1.165) is 0 Å². The molecule has 12 heteroatoms. The minimum atomic E-state index is -0.0458. The molecule has 0 spiro atoms. The summed E-state index contributed by atoms with van der Waals surface area (Å²) in [6.07, 6.45) is 0. The highest BCUT2D eigenvalue weighted by Crippen LogP contribution is 2.18. The third-order valence-electron chi connectivity index (χ3n) is 12.1. The lowest BCUT2D eigenvalue weighted by atomic mass is 10.2. The monoisotopic (exact) mass is 1630 g/mol. The first kappa shape index (κ1) is 130. The molecule has 0 radical (unpaired) electrons. The van der Waals surface area contributed by atoms with Crippen LogP contribution in [0, 0.1) is 0 Å². The maximum atomic E-state index is 9.50. The number of ether oxygens (including phenoxy) is 8. The summed E-state index contributed by atoms with van der Waals surface area (Å²) in [5.74, 6) is 0. The van der Waals surface area contributed by atoms with Gasteiger partial charge in [0.15, 0.2) is 0 Å². The minimum Gasteiger partial charge on any atom is -0.371 e. The zero-order valence-electron chi connectivity index (χ0n) is 81.5. The Bertz CT molecular complexity index is 2430. The molecule has 668 valence electrons. The first-order chi connectivity index (χ1) is 54.6. The second kappa shape index (κ2) is 84.6. The third-order valence-corrected chi connectivity index (χ3v) is 12.1. The molecule has 116 heavy (non-hydrogen) atoms. The van der Waals surface area contributed by atoms with Gasteiger partial charge in [0.25, 0.3) is 0 Å². The fourth-order valence-corrected chi connectivity index (χ4v) is 6.99. The van der Waals surface area contributed by atoms with E-state index in [4.69, 9.17) is 37.9 Å². The van der Waals surface area contributed by atoms with Crippen molar-refractivity contribution in [2.75, 3.05) is 28.7 Å². The molecular weight excluding hydrogens is 1450 g/mol. The predicted molar refractivity (Wildman–Crippen MR) is 504 cm³/mol. The number of hydrogen-bond donors (Lipinski definition) is 0. The van der Waals surface area contributed by atoms with Crippen molar-refractivity contribution >= 4 is 0 Å². The maximum Gasteiger partial charge on any atom is 0.0785 e. The SMILES string of the molecule is CC.CC.CC.CC.CC.CC.CC(C)(C)OCc1ccccc1.CC(C)(C)OCc1ccccc1.CC(C)(C)OCc1ccccc1.CC(C)(C)OCc1ccccc1.CC(C)(C)OCc1ccccc1.CC(C)(C)OCc1ccccc1.CC(C)(C)OCc1ccccc1.CC(C)(C)OCc1ccccc1.CF.CF.CF.CF. The van der Waals surface area contributed by atoms with Gasteiger partial charge in [0.05, 0.1) is 126 Å². The zero-order chi connectivity index (χ0) is 92.2. The third kappa shape index (κ3) is 109. The highest BCUT2D eigenvalue weighted by molar-refractivity contribution is 5.19. The molecule has 0 N–H and O–H groups in total. The fraction of sp³-hybridized carbons (Fsp3) is 0.538. The molecule has 8 rings (SSSR count). The minimum absolute atomic E-state index is 0.0458. The maximum absolute atomic E-state index is 9.50. The van der Waals surface area contributed by atoms with Crippen LogP contribution in [0.4, 0.5) is 17.6 Å². The number of alkyl halides is 4. The van der Waals surface area contributed by atoms with Gasteiger partial charge in [-0.15, -0.1) is 0 Å². The first-order valence-electron chi connectivity index (χ1n) is 41.6. The first-order valence-corrected chi connectivity index (χ1v) is 41.6. The number of hydrogen-bond acceptors (Lipinski definition) is 8. The van der Waals surface area contributed by atoms with E-state index in [-0.39, 0.29) is 44.8 Å². The Morgan fingerprint density at radius 1 is 0.138 bits per heavy atom. The summed E-state index contributed by atoms with van der Waals surface area (Å²) in [5, 5.41) is 0. The molecular formula is C104H176F4O8. The van der Waals surface area contributed by atoms with Crippen LogP contribution in [-0.4, -0.2) is 73.5 Å². The van der Waals surface area contributed by atoms with Crippen LogP contribution in [0.2, 0.25) is 0 Å². The van der Waals surface area contributed by atoms with E-state index in [9.17, 15) is 17.6 Å². The number of benzene rings is 8. The van der Waals surface area contributed by atoms with Crippen molar-refractivity contribution in [2.24, 2.45) is 0 Å². The van der Waals surface area contributed by atoms with Crippen LogP contribution in [0.3, 0.4) is 0 Å². The van der Waals surface area contributed by atoms with Crippen molar-refractivity contribution in [1.82, 2.24) is 0 Å². The van der Waals surface area contributed by atoms with Gasteiger partial charge in [-0.1, -0.05) is 326 Å². The van der Waals surface area contributed by atoms with E-state index in [1.807, 2.05) is 229 Å². The van der Waals surface area contributed by atoms with E-state index < -0.39 is 0 Å². The Labute approximate surface area is 714 Å². The quantitative estimate of drug-likeness (QED) is 0.0886. The van der Waals surface area contributed by atoms with E-state index in [1.165, 1.54) is 44.5 Å². The van der Waals surface area contributed by atoms with Crippen molar-refractivity contribution in [1.29, 1.82) is 0 Å². The van der Waals surface area contributed by atoms with Gasteiger partial charge in [-0.25, -0.2) is 0 Å². The standard InChI is InChI=1S/8C11H16O.6C2H6.4CH3F/c8*1-11(2,3)12-9-10-7-5-4-6-8-10;10*1-2/h8*4-8H,9H2,1-3H3;6*1-2H3;4*1H3. The van der Waals surface area contributed by atoms with Crippen molar-refractivity contribution in [2.45, 2.75) is 347 Å². The smallest absolute Gasteiger partial charge is 0.0785 e. The second-order valence-corrected chi connectivity index (χ2v) is 31.1. The number of halogens is 4. The van der Waals surface area contributed by atoms with Gasteiger partial charge in [-0.05, 0) is 211 Å². The molecule has 0 unspecified atom stereocenters. The van der Waals surface area contributed by atoms with Crippen LogP contribution in [0.25, 0.3) is 0 Å². The Hall–Kier alpha value is -6.84. The lowest BCUT2D eigenvalue weighted by Gasteiger charge is -2.19. The van der Waals surface area contributed by atoms with Gasteiger partial charge >= 0.3 is 0 Å². The van der Waals surface area contributed by atoms with Crippen LogP contribution in [0.1, 0.15) is 294 Å². The lowest BCUT2D eigenvalue weighted by molar-refractivity contribution is -0.0152. The van der Waals surface area contributed by atoms with Gasteiger partial charge in [0.1, 0.15) is 0 Å². The van der Waals surface area contributed by atoms with Crippen LogP contribution in [0.5, 0.6) is 0 Å². The van der Waals surface area contributed by atoms with Gasteiger partial charge in [0.2, 0.25) is 0 Å². The molecule has 0 aromatic heterocycles. The van der Waals surface area contributed by atoms with E-state index >= 15 is 0 Å². The molecule has 8 aromatic carbocycles. The van der Waals surface area contributed by atoms with Gasteiger partial charge in [0, 0.05) is 0 Å². The van der Waals surface area contributed by atoms with Gasteiger partial charge in [-0.3, -0.25) is 17.6 Å². The zero-order valence-corrected chi connectivity index (χ0v) is 81.5. The van der Waals surface area contributed by atoms with Crippen LogP contribution >= 0.6 is 0 Å². The average molecular weight is 1630 g/mol. The molecule has 0 amide bonds. The average Bonchev–Trinajstić information content (AvgIpc) is 0.976. The van der Waals surface area contributed by atoms with Gasteiger partial charge in [-0.2, -0.15) is 0 Å². The predicted octanol–water partition coefficient (Wildman–Crippen LogP) is 32.5. The topological polar surface area (TPSA) is 73.8 Å². The van der Waals surface area contributed by atoms with Crippen molar-refractivity contribution in [3.63, 3.8) is 0 Å². The molecule has 0 aliphatic heterocycles. The highest BCUT2D eigenvalue weighted by Gasteiger charge is 2.15. The normalized spacial score (nSPS) is 10.1. The number of rotatable bonds is 16. The molecule has 0 bridgehead atoms. The van der Waals surface area contributed by atoms with E-state index in [1.54, 1.807) is 0 Å². The molecule has 0 fully saturated rings. The Morgan fingerprint density at radius 2 is 0.198 bits per heavy atom. The van der Waals surface area contributed by atoms with Crippen LogP contribution in [0.15, 0.2) is 243 Å². The summed E-state index contributed by atoms with van der Waals surface area (Å²) in [6.45, 7) is 79.2. The summed E-state index contributed by atoms with van der Waals surface area (Å²) in [4.78, 5) is 0. The van der Waals surface area contributed by atoms with Crippen molar-refractivity contribution < 1.29 is 55.5 Å². The van der Waals surface area contributed by atoms with E-state index in [0.29, 0.717) is 81.6 Å². The largest absolute Gasteiger partial charge is 0.371 e. The molecule has 0 aliphatic rings. The Morgan fingerprint density at radius 3 is 0.250 bits per heavy atom. The molecule has 0 saturated heterocycles. The van der Waals surface area contributed by atoms with Crippen LogP contribution in [-0.2, 0) is 90.7 Å². The highest BCUT2D eigenvalue weighted by atomic mass is 19.1. The summed E-state index contributed by atoms with van der Waals surface area (Å²) in [5.41, 5.74) is 9.47. The Balaban J connectivity index is -0.000000134. The summed E-state index contributed by atoms with van der Waals surface area (Å²) >= 11 is 0. The van der Waals surface area contributed by atoms with Crippen molar-refractivity contribution in [3.8, 4) is 0 Å². The summed E-state index contributed by atoms with van der Waals surface area (Å²) in [7, 11) is 2.00. The van der Waals surface area contributed by atoms with Crippen molar-refractivity contribution in [3.05, 3.63) is 287 Å². The molecule has 0 saturated carbocycles. The fourth-order valence-electron chi connectivity index (χ4n) is 6.99.